The van der Waals surface area contributed by atoms with E-state index in [0.29, 0.717) is 5.69 Å². The van der Waals surface area contributed by atoms with Crippen LogP contribution in [0.25, 0.3) is 0 Å². The standard InChI is InChI=1S/C16H19FN4O4S2/c1-26(22,23)21-8-6-14(7-9-21)27(24,25)15-10-18-11-19-16(15)20-13-4-2-12(17)3-5-13/h2-5,10-11,14H,6-9H2,1H3,(H,18,19,20). The minimum Gasteiger partial charge on any atom is -0.339 e. The largest absolute Gasteiger partial charge is 0.339 e. The maximum Gasteiger partial charge on any atom is 0.211 e. The molecule has 8 nitrogen and oxygen atoms in total. The van der Waals surface area contributed by atoms with E-state index in [9.17, 15) is 21.2 Å². The molecule has 0 saturated carbocycles. The molecule has 1 aromatic carbocycles. The van der Waals surface area contributed by atoms with Crippen molar-refractivity contribution >= 4 is 31.4 Å². The van der Waals surface area contributed by atoms with Gasteiger partial charge < -0.3 is 5.32 Å². The Morgan fingerprint density at radius 3 is 2.33 bits per heavy atom. The number of nitrogens with zero attached hydrogens (tertiary/aromatic N) is 3. The first-order valence-electron chi connectivity index (χ1n) is 8.19. The first-order chi connectivity index (χ1) is 12.7. The van der Waals surface area contributed by atoms with Crippen LogP contribution in [0.15, 0.2) is 41.7 Å². The molecule has 1 saturated heterocycles. The predicted octanol–water partition coefficient (Wildman–Crippen LogP) is 1.56. The molecule has 0 amide bonds. The van der Waals surface area contributed by atoms with Crippen LogP contribution in [-0.2, 0) is 19.9 Å². The second-order valence-corrected chi connectivity index (χ2v) is 10.5. The second-order valence-electron chi connectivity index (χ2n) is 6.27. The summed E-state index contributed by atoms with van der Waals surface area (Å²) < 4.78 is 63.7. The van der Waals surface area contributed by atoms with Crippen LogP contribution in [0.3, 0.4) is 0 Å². The molecule has 11 heteroatoms. The zero-order valence-electron chi connectivity index (χ0n) is 14.5. The Labute approximate surface area is 157 Å². The van der Waals surface area contributed by atoms with Gasteiger partial charge in [-0.1, -0.05) is 0 Å². The molecule has 0 bridgehead atoms. The summed E-state index contributed by atoms with van der Waals surface area (Å²) in [5.74, 6) is -0.309. The zero-order valence-corrected chi connectivity index (χ0v) is 16.2. The van der Waals surface area contributed by atoms with Gasteiger partial charge in [-0.2, -0.15) is 0 Å². The normalized spacial score (nSPS) is 17.0. The van der Waals surface area contributed by atoms with Gasteiger partial charge in [0.15, 0.2) is 15.7 Å². The highest BCUT2D eigenvalue weighted by molar-refractivity contribution is 7.92. The predicted molar refractivity (Wildman–Crippen MR) is 98.3 cm³/mol. The van der Waals surface area contributed by atoms with Crippen LogP contribution in [0.1, 0.15) is 12.8 Å². The summed E-state index contributed by atoms with van der Waals surface area (Å²) in [6.45, 7) is 0.300. The van der Waals surface area contributed by atoms with E-state index in [4.69, 9.17) is 0 Å². The van der Waals surface area contributed by atoms with Crippen LogP contribution < -0.4 is 5.32 Å². The Balaban J connectivity index is 1.84. The van der Waals surface area contributed by atoms with E-state index in [-0.39, 0.29) is 36.6 Å². The van der Waals surface area contributed by atoms with Crippen molar-refractivity contribution in [1.29, 1.82) is 0 Å². The number of benzene rings is 1. The molecule has 0 spiro atoms. The van der Waals surface area contributed by atoms with Crippen LogP contribution in [0, 0.1) is 5.82 Å². The van der Waals surface area contributed by atoms with E-state index in [1.165, 1.54) is 41.1 Å². The topological polar surface area (TPSA) is 109 Å². The van der Waals surface area contributed by atoms with Gasteiger partial charge in [0.05, 0.1) is 17.7 Å². The second kappa shape index (κ2) is 7.49. The van der Waals surface area contributed by atoms with Crippen molar-refractivity contribution in [1.82, 2.24) is 14.3 Å². The fourth-order valence-electron chi connectivity index (χ4n) is 2.94. The van der Waals surface area contributed by atoms with Gasteiger partial charge in [-0.3, -0.25) is 0 Å². The molecule has 1 N–H and O–H groups in total. The Morgan fingerprint density at radius 2 is 1.74 bits per heavy atom. The average molecular weight is 414 g/mol. The van der Waals surface area contributed by atoms with Gasteiger partial charge in [0.25, 0.3) is 0 Å². The molecule has 1 aliphatic rings. The summed E-state index contributed by atoms with van der Waals surface area (Å²) >= 11 is 0. The fourth-order valence-corrected chi connectivity index (χ4v) is 5.59. The summed E-state index contributed by atoms with van der Waals surface area (Å²) in [5.41, 5.74) is 0.485. The summed E-state index contributed by atoms with van der Waals surface area (Å²) in [6, 6.07) is 5.44. The molecule has 1 fully saturated rings. The lowest BCUT2D eigenvalue weighted by Crippen LogP contribution is -2.42. The number of anilines is 2. The fraction of sp³-hybridized carbons (Fsp3) is 0.375. The number of nitrogens with one attached hydrogen (secondary N) is 1. The third-order valence-corrected chi connectivity index (χ3v) is 7.97. The van der Waals surface area contributed by atoms with Crippen LogP contribution in [-0.4, -0.2) is 55.7 Å². The minimum atomic E-state index is -3.77. The highest BCUT2D eigenvalue weighted by Crippen LogP contribution is 2.30. The lowest BCUT2D eigenvalue weighted by molar-refractivity contribution is 0.348. The zero-order chi connectivity index (χ0) is 19.7. The number of piperidine rings is 1. The molecule has 1 aromatic heterocycles. The van der Waals surface area contributed by atoms with E-state index in [0.717, 1.165) is 6.26 Å². The van der Waals surface area contributed by atoms with Crippen molar-refractivity contribution in [3.05, 3.63) is 42.6 Å². The Bertz CT molecular complexity index is 1020. The van der Waals surface area contributed by atoms with Crippen LogP contribution >= 0.6 is 0 Å². The third kappa shape index (κ3) is 4.42. The molecular formula is C16H19FN4O4S2. The van der Waals surface area contributed by atoms with Gasteiger partial charge in [-0.25, -0.2) is 35.5 Å². The van der Waals surface area contributed by atoms with Gasteiger partial charge in [-0.05, 0) is 37.1 Å². The number of hydrogen-bond donors (Lipinski definition) is 1. The summed E-state index contributed by atoms with van der Waals surface area (Å²) in [6.07, 6.45) is 3.94. The SMILES string of the molecule is CS(=O)(=O)N1CCC(S(=O)(=O)c2cncnc2Nc2ccc(F)cc2)CC1. The third-order valence-electron chi connectivity index (χ3n) is 4.40. The summed E-state index contributed by atoms with van der Waals surface area (Å²) in [7, 11) is -7.11. The van der Waals surface area contributed by atoms with E-state index in [2.05, 4.69) is 15.3 Å². The van der Waals surface area contributed by atoms with Crippen LogP contribution in [0.4, 0.5) is 15.9 Å². The number of aromatic nitrogens is 2. The molecule has 27 heavy (non-hydrogen) atoms. The van der Waals surface area contributed by atoms with E-state index in [1.54, 1.807) is 0 Å². The van der Waals surface area contributed by atoms with Gasteiger partial charge in [0, 0.05) is 18.8 Å². The summed E-state index contributed by atoms with van der Waals surface area (Å²) in [5, 5.41) is 2.15. The molecular weight excluding hydrogens is 395 g/mol. The molecule has 1 aliphatic heterocycles. The first-order valence-corrected chi connectivity index (χ1v) is 11.6. The van der Waals surface area contributed by atoms with E-state index in [1.807, 2.05) is 0 Å². The highest BCUT2D eigenvalue weighted by Gasteiger charge is 2.35. The minimum absolute atomic E-state index is 0.0628. The Morgan fingerprint density at radius 1 is 1.11 bits per heavy atom. The summed E-state index contributed by atoms with van der Waals surface area (Å²) in [4.78, 5) is 7.77. The van der Waals surface area contributed by atoms with Crippen molar-refractivity contribution in [3.63, 3.8) is 0 Å². The van der Waals surface area contributed by atoms with Crippen LogP contribution in [0.5, 0.6) is 0 Å². The average Bonchev–Trinajstić information content (AvgIpc) is 2.63. The Hall–Kier alpha value is -2.11. The van der Waals surface area contributed by atoms with E-state index < -0.39 is 30.9 Å². The number of sulfone groups is 1. The molecule has 3 rings (SSSR count). The highest BCUT2D eigenvalue weighted by atomic mass is 32.2. The maximum absolute atomic E-state index is 13.1. The molecule has 0 atom stereocenters. The van der Waals surface area contributed by atoms with Crippen molar-refractivity contribution in [2.75, 3.05) is 24.7 Å². The molecule has 0 radical (unpaired) electrons. The maximum atomic E-state index is 13.1. The number of hydrogen-bond acceptors (Lipinski definition) is 7. The first kappa shape index (κ1) is 19.6. The monoisotopic (exact) mass is 414 g/mol. The van der Waals surface area contributed by atoms with Crippen LogP contribution in [0.2, 0.25) is 0 Å². The van der Waals surface area contributed by atoms with Gasteiger partial charge in [0.2, 0.25) is 10.0 Å². The van der Waals surface area contributed by atoms with Crippen molar-refractivity contribution in [2.45, 2.75) is 23.0 Å². The quantitative estimate of drug-likeness (QED) is 0.791. The smallest absolute Gasteiger partial charge is 0.211 e. The van der Waals surface area contributed by atoms with Crippen molar-refractivity contribution < 1.29 is 21.2 Å². The lowest BCUT2D eigenvalue weighted by Gasteiger charge is -2.30. The van der Waals surface area contributed by atoms with E-state index >= 15 is 0 Å². The van der Waals surface area contributed by atoms with Gasteiger partial charge >= 0.3 is 0 Å². The number of sulfonamides is 1. The molecule has 0 unspecified atom stereocenters. The molecule has 146 valence electrons. The van der Waals surface area contributed by atoms with Crippen molar-refractivity contribution in [3.8, 4) is 0 Å². The number of rotatable bonds is 5. The molecule has 0 aliphatic carbocycles. The van der Waals surface area contributed by atoms with Gasteiger partial charge in [0.1, 0.15) is 17.0 Å². The van der Waals surface area contributed by atoms with Crippen molar-refractivity contribution in [2.24, 2.45) is 0 Å². The number of halogens is 1. The lowest BCUT2D eigenvalue weighted by atomic mass is 10.2. The Kier molecular flexibility index (Phi) is 5.45. The molecule has 2 heterocycles. The molecule has 2 aromatic rings. The van der Waals surface area contributed by atoms with Gasteiger partial charge in [-0.15, -0.1) is 0 Å².